The highest BCUT2D eigenvalue weighted by Gasteiger charge is 2.21. The topological polar surface area (TPSA) is 84.4 Å². The van der Waals surface area contributed by atoms with Crippen molar-refractivity contribution in [3.8, 4) is 0 Å². The molecule has 0 unspecified atom stereocenters. The number of rotatable bonds is 6. The average molecular weight is 264 g/mol. The van der Waals surface area contributed by atoms with Crippen LogP contribution in [-0.4, -0.2) is 18.0 Å². The van der Waals surface area contributed by atoms with Crippen LogP contribution in [-0.2, 0) is 0 Å². The number of nitrogen functional groups attached to an aromatic ring is 1. The van der Waals surface area contributed by atoms with E-state index in [1.54, 1.807) is 6.07 Å². The van der Waals surface area contributed by atoms with Gasteiger partial charge < -0.3 is 10.3 Å². The first-order valence-corrected chi connectivity index (χ1v) is 6.65. The minimum Gasteiger partial charge on any atom is -0.371 e. The number of non-ortho nitro benzene ring substituents is 1. The molecular formula is C13H20N4O2. The Morgan fingerprint density at radius 1 is 1.47 bits per heavy atom. The molecule has 1 saturated carbocycles. The normalized spacial score (nSPS) is 14.8. The van der Waals surface area contributed by atoms with Gasteiger partial charge in [0, 0.05) is 30.9 Å². The molecule has 0 radical (unpaired) electrons. The minimum absolute atomic E-state index is 0.0671. The van der Waals surface area contributed by atoms with Crippen molar-refractivity contribution in [2.75, 3.05) is 23.4 Å². The number of hydrogen-bond acceptors (Lipinski definition) is 5. The maximum absolute atomic E-state index is 10.9. The van der Waals surface area contributed by atoms with Gasteiger partial charge in [0.25, 0.3) is 5.69 Å². The number of anilines is 2. The second-order valence-corrected chi connectivity index (χ2v) is 4.98. The summed E-state index contributed by atoms with van der Waals surface area (Å²) in [6.45, 7) is 3.86. The van der Waals surface area contributed by atoms with Gasteiger partial charge in [-0.15, -0.1) is 0 Å². The van der Waals surface area contributed by atoms with E-state index in [9.17, 15) is 10.1 Å². The molecule has 0 aliphatic heterocycles. The Balaban J connectivity index is 2.24. The smallest absolute Gasteiger partial charge is 0.273 e. The summed E-state index contributed by atoms with van der Waals surface area (Å²) < 4.78 is 0. The van der Waals surface area contributed by atoms with Gasteiger partial charge in [0.05, 0.1) is 10.6 Å². The molecule has 1 fully saturated rings. The predicted octanol–water partition coefficient (Wildman–Crippen LogP) is 2.51. The summed E-state index contributed by atoms with van der Waals surface area (Å²) in [6.07, 6.45) is 3.81. The van der Waals surface area contributed by atoms with Crippen molar-refractivity contribution < 1.29 is 4.92 Å². The van der Waals surface area contributed by atoms with Crippen molar-refractivity contribution in [1.82, 2.24) is 0 Å². The largest absolute Gasteiger partial charge is 0.371 e. The van der Waals surface area contributed by atoms with Gasteiger partial charge in [-0.3, -0.25) is 16.0 Å². The summed E-state index contributed by atoms with van der Waals surface area (Å²) >= 11 is 0. The number of hydrogen-bond donors (Lipinski definition) is 2. The maximum atomic E-state index is 10.9. The van der Waals surface area contributed by atoms with Crippen molar-refractivity contribution in [2.24, 2.45) is 11.8 Å². The fourth-order valence-electron chi connectivity index (χ4n) is 2.37. The van der Waals surface area contributed by atoms with Crippen LogP contribution in [0, 0.1) is 16.0 Å². The van der Waals surface area contributed by atoms with E-state index in [-0.39, 0.29) is 10.6 Å². The lowest BCUT2D eigenvalue weighted by Crippen LogP contribution is -2.32. The highest BCUT2D eigenvalue weighted by atomic mass is 16.6. The zero-order valence-corrected chi connectivity index (χ0v) is 11.1. The molecule has 104 valence electrons. The van der Waals surface area contributed by atoms with Crippen LogP contribution >= 0.6 is 0 Å². The van der Waals surface area contributed by atoms with Crippen molar-refractivity contribution in [1.29, 1.82) is 0 Å². The van der Waals surface area contributed by atoms with E-state index in [0.717, 1.165) is 18.8 Å². The Bertz CT molecular complexity index is 460. The van der Waals surface area contributed by atoms with Crippen LogP contribution in [0.25, 0.3) is 0 Å². The van der Waals surface area contributed by atoms with E-state index in [4.69, 9.17) is 5.84 Å². The van der Waals surface area contributed by atoms with E-state index in [1.807, 2.05) is 6.07 Å². The van der Waals surface area contributed by atoms with Gasteiger partial charge in [-0.05, 0) is 31.7 Å². The van der Waals surface area contributed by atoms with Gasteiger partial charge in [-0.25, -0.2) is 0 Å². The summed E-state index contributed by atoms with van der Waals surface area (Å²) in [5, 5.41) is 10.9. The van der Waals surface area contributed by atoms with Crippen molar-refractivity contribution in [3.05, 3.63) is 28.3 Å². The second kappa shape index (κ2) is 5.88. The molecule has 0 spiro atoms. The molecule has 0 aromatic heterocycles. The SMILES string of the molecule is CCN(CC1CCC1)c1cc(NN)cc([N+](=O)[O-])c1. The molecule has 1 aromatic rings. The maximum Gasteiger partial charge on any atom is 0.273 e. The summed E-state index contributed by atoms with van der Waals surface area (Å²) in [7, 11) is 0. The monoisotopic (exact) mass is 264 g/mol. The Morgan fingerprint density at radius 3 is 2.68 bits per heavy atom. The number of nitrogens with two attached hydrogens (primary N) is 1. The summed E-state index contributed by atoms with van der Waals surface area (Å²) in [4.78, 5) is 12.7. The minimum atomic E-state index is -0.387. The van der Waals surface area contributed by atoms with Gasteiger partial charge in [0.2, 0.25) is 0 Å². The van der Waals surface area contributed by atoms with Gasteiger partial charge in [0.15, 0.2) is 0 Å². The van der Waals surface area contributed by atoms with Crippen molar-refractivity contribution >= 4 is 17.1 Å². The first-order chi connectivity index (χ1) is 9.13. The zero-order valence-electron chi connectivity index (χ0n) is 11.1. The molecule has 1 aliphatic rings. The average Bonchev–Trinajstić information content (AvgIpc) is 2.37. The summed E-state index contributed by atoms with van der Waals surface area (Å²) in [5.41, 5.74) is 3.98. The summed E-state index contributed by atoms with van der Waals surface area (Å²) in [5.74, 6) is 6.09. The van der Waals surface area contributed by atoms with E-state index >= 15 is 0 Å². The highest BCUT2D eigenvalue weighted by Crippen LogP contribution is 2.31. The van der Waals surface area contributed by atoms with Crippen LogP contribution in [0.15, 0.2) is 18.2 Å². The molecule has 2 rings (SSSR count). The molecular weight excluding hydrogens is 244 g/mol. The molecule has 1 aliphatic carbocycles. The van der Waals surface area contributed by atoms with Crippen LogP contribution in [0.3, 0.4) is 0 Å². The van der Waals surface area contributed by atoms with Gasteiger partial charge >= 0.3 is 0 Å². The number of nitrogens with zero attached hydrogens (tertiary/aromatic N) is 2. The lowest BCUT2D eigenvalue weighted by Gasteiger charge is -2.33. The fraction of sp³-hybridized carbons (Fsp3) is 0.538. The van der Waals surface area contributed by atoms with Gasteiger partial charge in [-0.1, -0.05) is 6.42 Å². The number of benzene rings is 1. The van der Waals surface area contributed by atoms with Crippen LogP contribution in [0.5, 0.6) is 0 Å². The van der Waals surface area contributed by atoms with Crippen molar-refractivity contribution in [3.63, 3.8) is 0 Å². The Kier molecular flexibility index (Phi) is 4.21. The molecule has 0 atom stereocenters. The number of hydrazine groups is 1. The summed E-state index contributed by atoms with van der Waals surface area (Å²) in [6, 6.07) is 4.92. The van der Waals surface area contributed by atoms with E-state index < -0.39 is 0 Å². The van der Waals surface area contributed by atoms with Gasteiger partial charge in [0.1, 0.15) is 0 Å². The molecule has 3 N–H and O–H groups in total. The molecule has 1 aromatic carbocycles. The molecule has 0 bridgehead atoms. The van der Waals surface area contributed by atoms with E-state index in [2.05, 4.69) is 17.2 Å². The third-order valence-electron chi connectivity index (χ3n) is 3.73. The highest BCUT2D eigenvalue weighted by molar-refractivity contribution is 5.64. The Morgan fingerprint density at radius 2 is 2.21 bits per heavy atom. The number of nitro benzene ring substituents is 1. The number of nitrogens with one attached hydrogen (secondary N) is 1. The second-order valence-electron chi connectivity index (χ2n) is 4.98. The predicted molar refractivity (Wildman–Crippen MR) is 76.1 cm³/mol. The van der Waals surface area contributed by atoms with Crippen LogP contribution in [0.1, 0.15) is 26.2 Å². The van der Waals surface area contributed by atoms with E-state index in [1.165, 1.54) is 25.3 Å². The number of nitro groups is 1. The molecule has 6 nitrogen and oxygen atoms in total. The third-order valence-corrected chi connectivity index (χ3v) is 3.73. The molecule has 6 heteroatoms. The quantitative estimate of drug-likeness (QED) is 0.468. The van der Waals surface area contributed by atoms with E-state index in [0.29, 0.717) is 11.6 Å². The standard InChI is InChI=1S/C13H20N4O2/c1-2-16(9-10-4-3-5-10)12-6-11(15-14)7-13(8-12)17(18)19/h6-8,10,15H,2-5,9,14H2,1H3. The lowest BCUT2D eigenvalue weighted by molar-refractivity contribution is -0.384. The van der Waals surface area contributed by atoms with Crippen molar-refractivity contribution in [2.45, 2.75) is 26.2 Å². The molecule has 0 amide bonds. The van der Waals surface area contributed by atoms with Crippen LogP contribution in [0.2, 0.25) is 0 Å². The first kappa shape index (κ1) is 13.6. The van der Waals surface area contributed by atoms with Crippen LogP contribution in [0.4, 0.5) is 17.1 Å². The Labute approximate surface area is 112 Å². The first-order valence-electron chi connectivity index (χ1n) is 6.65. The third kappa shape index (κ3) is 3.14. The lowest BCUT2D eigenvalue weighted by atomic mass is 9.85. The van der Waals surface area contributed by atoms with Gasteiger partial charge in [-0.2, -0.15) is 0 Å². The molecule has 0 heterocycles. The van der Waals surface area contributed by atoms with Crippen LogP contribution < -0.4 is 16.2 Å². The fourth-order valence-corrected chi connectivity index (χ4v) is 2.37. The molecule has 19 heavy (non-hydrogen) atoms. The Hall–Kier alpha value is -1.82. The zero-order chi connectivity index (χ0) is 13.8. The molecule has 0 saturated heterocycles.